The molecule has 0 saturated carbocycles. The molecule has 14 heavy (non-hydrogen) atoms. The highest BCUT2D eigenvalue weighted by molar-refractivity contribution is 5.92. The highest BCUT2D eigenvalue weighted by Gasteiger charge is 2.11. The van der Waals surface area contributed by atoms with E-state index in [1.165, 1.54) is 12.5 Å². The molecule has 0 aliphatic carbocycles. The molecule has 1 amide bonds. The van der Waals surface area contributed by atoms with Crippen LogP contribution in [-0.4, -0.2) is 28.5 Å². The lowest BCUT2D eigenvalue weighted by Gasteiger charge is -2.14. The summed E-state index contributed by atoms with van der Waals surface area (Å²) < 4.78 is 0. The van der Waals surface area contributed by atoms with E-state index in [1.807, 2.05) is 0 Å². The number of carbonyl (C=O) groups is 1. The molecular weight excluding hydrogens is 180 g/mol. The Kier molecular flexibility index (Phi) is 4.12. The summed E-state index contributed by atoms with van der Waals surface area (Å²) in [5.41, 5.74) is 5.99. The van der Waals surface area contributed by atoms with Crippen LogP contribution in [0.15, 0.2) is 12.5 Å². The molecule has 0 aromatic carbocycles. The minimum atomic E-state index is -0.147. The smallest absolute Gasteiger partial charge is 0.269 e. The Morgan fingerprint density at radius 3 is 3.07 bits per heavy atom. The number of aromatic nitrogens is 2. The van der Waals surface area contributed by atoms with Crippen molar-refractivity contribution in [3.8, 4) is 0 Å². The fourth-order valence-electron chi connectivity index (χ4n) is 1.24. The van der Waals surface area contributed by atoms with Gasteiger partial charge < -0.3 is 16.0 Å². The minimum Gasteiger partial charge on any atom is -0.347 e. The van der Waals surface area contributed by atoms with E-state index in [-0.39, 0.29) is 11.9 Å². The van der Waals surface area contributed by atoms with Gasteiger partial charge in [0, 0.05) is 12.6 Å². The van der Waals surface area contributed by atoms with Crippen LogP contribution in [0.3, 0.4) is 0 Å². The molecule has 0 aliphatic heterocycles. The number of aromatic amines is 1. The van der Waals surface area contributed by atoms with Crippen LogP contribution in [0.5, 0.6) is 0 Å². The van der Waals surface area contributed by atoms with Crippen molar-refractivity contribution >= 4 is 5.91 Å². The lowest BCUT2D eigenvalue weighted by atomic mass is 10.1. The van der Waals surface area contributed by atoms with E-state index in [4.69, 9.17) is 5.73 Å². The Morgan fingerprint density at radius 1 is 1.79 bits per heavy atom. The summed E-state index contributed by atoms with van der Waals surface area (Å²) in [5, 5.41) is 2.83. The third-order valence-electron chi connectivity index (χ3n) is 2.00. The average Bonchev–Trinajstić information content (AvgIpc) is 2.69. The average molecular weight is 196 g/mol. The maximum Gasteiger partial charge on any atom is 0.269 e. The Morgan fingerprint density at radius 2 is 2.57 bits per heavy atom. The second-order valence-electron chi connectivity index (χ2n) is 3.16. The Labute approximate surface area is 83.1 Å². The molecule has 1 aromatic rings. The van der Waals surface area contributed by atoms with Crippen molar-refractivity contribution in [1.29, 1.82) is 0 Å². The van der Waals surface area contributed by atoms with Crippen LogP contribution in [-0.2, 0) is 0 Å². The third kappa shape index (κ3) is 2.85. The molecule has 0 saturated heterocycles. The van der Waals surface area contributed by atoms with Crippen molar-refractivity contribution in [2.24, 2.45) is 5.73 Å². The van der Waals surface area contributed by atoms with Gasteiger partial charge in [0.1, 0.15) is 5.69 Å². The number of hydrogen-bond acceptors (Lipinski definition) is 3. The molecule has 1 rings (SSSR count). The minimum absolute atomic E-state index is 0.0517. The number of rotatable bonds is 5. The van der Waals surface area contributed by atoms with Crippen molar-refractivity contribution in [2.75, 3.05) is 6.54 Å². The van der Waals surface area contributed by atoms with Gasteiger partial charge in [-0.2, -0.15) is 0 Å². The van der Waals surface area contributed by atoms with Gasteiger partial charge in [0.15, 0.2) is 0 Å². The molecule has 78 valence electrons. The van der Waals surface area contributed by atoms with Crippen LogP contribution in [0.1, 0.15) is 30.3 Å². The lowest BCUT2D eigenvalue weighted by Crippen LogP contribution is -2.40. The van der Waals surface area contributed by atoms with E-state index in [0.717, 1.165) is 12.8 Å². The van der Waals surface area contributed by atoms with Gasteiger partial charge in [-0.05, 0) is 6.42 Å². The van der Waals surface area contributed by atoms with Crippen LogP contribution in [0.2, 0.25) is 0 Å². The monoisotopic (exact) mass is 196 g/mol. The van der Waals surface area contributed by atoms with E-state index in [9.17, 15) is 4.79 Å². The molecule has 0 radical (unpaired) electrons. The summed E-state index contributed by atoms with van der Waals surface area (Å²) in [7, 11) is 0. The number of hydrogen-bond donors (Lipinski definition) is 3. The van der Waals surface area contributed by atoms with Gasteiger partial charge in [-0.1, -0.05) is 13.3 Å². The van der Waals surface area contributed by atoms with Gasteiger partial charge in [-0.25, -0.2) is 4.98 Å². The van der Waals surface area contributed by atoms with Crippen LogP contribution in [0, 0.1) is 0 Å². The largest absolute Gasteiger partial charge is 0.347 e. The van der Waals surface area contributed by atoms with Gasteiger partial charge in [-0.15, -0.1) is 0 Å². The predicted octanol–water partition coefficient (Wildman–Crippen LogP) is 0.267. The molecule has 0 spiro atoms. The second-order valence-corrected chi connectivity index (χ2v) is 3.16. The predicted molar refractivity (Wildman–Crippen MR) is 53.8 cm³/mol. The summed E-state index contributed by atoms with van der Waals surface area (Å²) in [6, 6.07) is 0.0517. The number of imidazole rings is 1. The molecule has 1 atom stereocenters. The standard InChI is InChI=1S/C9H16N4O/c1-2-3-7(4-10)13-9(14)8-5-11-6-12-8/h5-7H,2-4,10H2,1H3,(H,11,12)(H,13,14). The first-order chi connectivity index (χ1) is 6.77. The van der Waals surface area contributed by atoms with Gasteiger partial charge in [0.2, 0.25) is 0 Å². The summed E-state index contributed by atoms with van der Waals surface area (Å²) in [6.45, 7) is 2.53. The fourth-order valence-corrected chi connectivity index (χ4v) is 1.24. The zero-order chi connectivity index (χ0) is 10.4. The highest BCUT2D eigenvalue weighted by Crippen LogP contribution is 1.97. The van der Waals surface area contributed by atoms with Gasteiger partial charge >= 0.3 is 0 Å². The van der Waals surface area contributed by atoms with E-state index >= 15 is 0 Å². The molecule has 0 bridgehead atoms. The molecule has 1 heterocycles. The first-order valence-corrected chi connectivity index (χ1v) is 4.77. The topological polar surface area (TPSA) is 83.8 Å². The summed E-state index contributed by atoms with van der Waals surface area (Å²) in [5.74, 6) is -0.147. The van der Waals surface area contributed by atoms with Crippen molar-refractivity contribution in [2.45, 2.75) is 25.8 Å². The Bertz CT molecular complexity index is 270. The molecular formula is C9H16N4O. The summed E-state index contributed by atoms with van der Waals surface area (Å²) in [6.07, 6.45) is 4.88. The van der Waals surface area contributed by atoms with Crippen molar-refractivity contribution < 1.29 is 4.79 Å². The zero-order valence-electron chi connectivity index (χ0n) is 8.29. The van der Waals surface area contributed by atoms with Gasteiger partial charge in [0.25, 0.3) is 5.91 Å². The molecule has 5 heteroatoms. The van der Waals surface area contributed by atoms with Crippen LogP contribution in [0.4, 0.5) is 0 Å². The number of nitrogens with one attached hydrogen (secondary N) is 2. The maximum absolute atomic E-state index is 11.5. The van der Waals surface area contributed by atoms with Crippen molar-refractivity contribution in [1.82, 2.24) is 15.3 Å². The summed E-state index contributed by atoms with van der Waals surface area (Å²) in [4.78, 5) is 18.0. The first-order valence-electron chi connectivity index (χ1n) is 4.77. The van der Waals surface area contributed by atoms with Crippen LogP contribution >= 0.6 is 0 Å². The fraction of sp³-hybridized carbons (Fsp3) is 0.556. The molecule has 5 nitrogen and oxygen atoms in total. The molecule has 0 aliphatic rings. The second kappa shape index (κ2) is 5.39. The zero-order valence-corrected chi connectivity index (χ0v) is 8.29. The molecule has 1 unspecified atom stereocenters. The number of H-pyrrole nitrogens is 1. The highest BCUT2D eigenvalue weighted by atomic mass is 16.1. The number of carbonyl (C=O) groups excluding carboxylic acids is 1. The SMILES string of the molecule is CCCC(CN)NC(=O)c1cnc[nH]1. The summed E-state index contributed by atoms with van der Waals surface area (Å²) >= 11 is 0. The van der Waals surface area contributed by atoms with E-state index < -0.39 is 0 Å². The van der Waals surface area contributed by atoms with Gasteiger partial charge in [-0.3, -0.25) is 4.79 Å². The van der Waals surface area contributed by atoms with E-state index in [1.54, 1.807) is 0 Å². The third-order valence-corrected chi connectivity index (χ3v) is 2.00. The number of amides is 1. The van der Waals surface area contributed by atoms with Crippen LogP contribution < -0.4 is 11.1 Å². The first kappa shape index (κ1) is 10.7. The number of nitrogens with zero attached hydrogens (tertiary/aromatic N) is 1. The maximum atomic E-state index is 11.5. The number of nitrogens with two attached hydrogens (primary N) is 1. The molecule has 1 aromatic heterocycles. The van der Waals surface area contributed by atoms with E-state index in [2.05, 4.69) is 22.2 Å². The lowest BCUT2D eigenvalue weighted by molar-refractivity contribution is 0.0931. The van der Waals surface area contributed by atoms with Crippen molar-refractivity contribution in [3.63, 3.8) is 0 Å². The Hall–Kier alpha value is -1.36. The van der Waals surface area contributed by atoms with Crippen LogP contribution in [0.25, 0.3) is 0 Å². The molecule has 4 N–H and O–H groups in total. The molecule has 0 fully saturated rings. The normalized spacial score (nSPS) is 12.4. The van der Waals surface area contributed by atoms with Crippen molar-refractivity contribution in [3.05, 3.63) is 18.2 Å². The van der Waals surface area contributed by atoms with Gasteiger partial charge in [0.05, 0.1) is 12.5 Å². The van der Waals surface area contributed by atoms with E-state index in [0.29, 0.717) is 12.2 Å². The quantitative estimate of drug-likeness (QED) is 0.632. The Balaban J connectivity index is 2.47.